The molecule has 0 aliphatic heterocycles. The molecule has 0 spiro atoms. The van der Waals surface area contributed by atoms with Crippen LogP contribution in [0.1, 0.15) is 12.0 Å². The molecule has 1 atom stereocenters. The van der Waals surface area contributed by atoms with Gasteiger partial charge in [-0.3, -0.25) is 9.59 Å². The smallest absolute Gasteiger partial charge is 0.408 e. The second-order valence-electron chi connectivity index (χ2n) is 5.12. The molecule has 1 rings (SSSR count). The number of nitrogens with one attached hydrogen (secondary N) is 1. The zero-order chi connectivity index (χ0) is 17.9. The molecule has 8 heteroatoms. The molecular weight excluding hydrogens is 332 g/mol. The highest BCUT2D eigenvalue weighted by molar-refractivity contribution is 7.98. The summed E-state index contributed by atoms with van der Waals surface area (Å²) in [5, 5.41) is 11.2. The van der Waals surface area contributed by atoms with Gasteiger partial charge in [-0.1, -0.05) is 30.3 Å². The van der Waals surface area contributed by atoms with E-state index in [1.165, 1.54) is 23.7 Å². The van der Waals surface area contributed by atoms with Crippen molar-refractivity contribution in [3.8, 4) is 0 Å². The predicted octanol–water partition coefficient (Wildman–Crippen LogP) is 1.58. The number of hydrogen-bond acceptors (Lipinski definition) is 5. The molecule has 0 aliphatic carbocycles. The van der Waals surface area contributed by atoms with Crippen molar-refractivity contribution in [2.75, 3.05) is 25.6 Å². The van der Waals surface area contributed by atoms with E-state index in [0.717, 1.165) is 5.56 Å². The molecule has 0 fully saturated rings. The van der Waals surface area contributed by atoms with Crippen LogP contribution in [0.3, 0.4) is 0 Å². The highest BCUT2D eigenvalue weighted by Crippen LogP contribution is 2.05. The van der Waals surface area contributed by atoms with Gasteiger partial charge >= 0.3 is 12.1 Å². The minimum absolute atomic E-state index is 0.0831. The molecule has 0 saturated carbocycles. The Morgan fingerprint density at radius 2 is 1.96 bits per heavy atom. The molecule has 0 bridgehead atoms. The normalized spacial score (nSPS) is 11.4. The van der Waals surface area contributed by atoms with Gasteiger partial charge in [-0.05, 0) is 11.8 Å². The van der Waals surface area contributed by atoms with E-state index in [1.807, 2.05) is 36.6 Å². The molecule has 0 aromatic heterocycles. The molecule has 0 radical (unpaired) electrons. The highest BCUT2D eigenvalue weighted by Gasteiger charge is 2.24. The summed E-state index contributed by atoms with van der Waals surface area (Å²) >= 11 is 1.40. The first-order valence-corrected chi connectivity index (χ1v) is 8.76. The van der Waals surface area contributed by atoms with Crippen LogP contribution in [0, 0.1) is 0 Å². The number of likely N-dealkylation sites (N-methyl/N-ethyl adjacent to an activating group) is 1. The Labute approximate surface area is 145 Å². The van der Waals surface area contributed by atoms with Gasteiger partial charge in [0.2, 0.25) is 5.91 Å². The zero-order valence-corrected chi connectivity index (χ0v) is 14.5. The summed E-state index contributed by atoms with van der Waals surface area (Å²) in [6.45, 7) is 0.196. The first-order chi connectivity index (χ1) is 11.4. The van der Waals surface area contributed by atoms with Crippen molar-refractivity contribution in [1.29, 1.82) is 0 Å². The van der Waals surface area contributed by atoms with Crippen molar-refractivity contribution in [3.05, 3.63) is 35.9 Å². The van der Waals surface area contributed by atoms with Crippen LogP contribution in [0.5, 0.6) is 0 Å². The number of thioether (sulfide) groups is 1. The van der Waals surface area contributed by atoms with Gasteiger partial charge in [-0.25, -0.2) is 4.79 Å². The summed E-state index contributed by atoms with van der Waals surface area (Å²) in [6, 6.07) is 8.45. The summed E-state index contributed by atoms with van der Waals surface area (Å²) in [4.78, 5) is 36.1. The number of alkyl carbamates (subject to hydrolysis) is 1. The number of aliphatic carboxylic acids is 1. The molecule has 132 valence electrons. The Morgan fingerprint density at radius 3 is 2.54 bits per heavy atom. The van der Waals surface area contributed by atoms with Gasteiger partial charge in [-0.2, -0.15) is 11.8 Å². The fraction of sp³-hybridized carbons (Fsp3) is 0.438. The van der Waals surface area contributed by atoms with Crippen LogP contribution in [0.4, 0.5) is 4.79 Å². The monoisotopic (exact) mass is 354 g/mol. The topological polar surface area (TPSA) is 95.9 Å². The number of carbonyl (C=O) groups excluding carboxylic acids is 2. The molecule has 0 saturated heterocycles. The molecule has 2 amide bonds. The first-order valence-electron chi connectivity index (χ1n) is 7.37. The number of rotatable bonds is 9. The zero-order valence-electron chi connectivity index (χ0n) is 13.7. The van der Waals surface area contributed by atoms with E-state index < -0.39 is 18.1 Å². The Balaban J connectivity index is 2.52. The van der Waals surface area contributed by atoms with Crippen LogP contribution in [0.2, 0.25) is 0 Å². The van der Waals surface area contributed by atoms with E-state index in [2.05, 4.69) is 5.32 Å². The second kappa shape index (κ2) is 10.5. The summed E-state index contributed by atoms with van der Waals surface area (Å²) in [7, 11) is 1.51. The number of carboxylic acid groups (broad SMARTS) is 1. The SMILES string of the molecule is CSCC(NC(=O)OCc1ccccc1)C(=O)N(C)CCC(=O)O. The predicted molar refractivity (Wildman–Crippen MR) is 91.8 cm³/mol. The molecule has 0 aliphatic rings. The van der Waals surface area contributed by atoms with Gasteiger partial charge in [0.05, 0.1) is 6.42 Å². The number of hydrogen-bond donors (Lipinski definition) is 2. The molecule has 7 nitrogen and oxygen atoms in total. The number of nitrogens with zero attached hydrogens (tertiary/aromatic N) is 1. The van der Waals surface area contributed by atoms with Crippen LogP contribution in [-0.2, 0) is 20.9 Å². The third kappa shape index (κ3) is 7.36. The number of amides is 2. The van der Waals surface area contributed by atoms with E-state index in [0.29, 0.717) is 5.75 Å². The minimum Gasteiger partial charge on any atom is -0.481 e. The van der Waals surface area contributed by atoms with Crippen LogP contribution < -0.4 is 5.32 Å². The Morgan fingerprint density at radius 1 is 1.29 bits per heavy atom. The lowest BCUT2D eigenvalue weighted by molar-refractivity contribution is -0.138. The summed E-state index contributed by atoms with van der Waals surface area (Å²) in [6.07, 6.45) is 0.985. The van der Waals surface area contributed by atoms with Crippen molar-refractivity contribution in [2.45, 2.75) is 19.1 Å². The third-order valence-electron chi connectivity index (χ3n) is 3.17. The van der Waals surface area contributed by atoms with Gasteiger partial charge < -0.3 is 20.1 Å². The second-order valence-corrected chi connectivity index (χ2v) is 6.03. The average molecular weight is 354 g/mol. The maximum Gasteiger partial charge on any atom is 0.408 e. The van der Waals surface area contributed by atoms with Crippen molar-refractivity contribution in [2.24, 2.45) is 0 Å². The first kappa shape index (κ1) is 19.8. The Hall–Kier alpha value is -2.22. The minimum atomic E-state index is -0.980. The van der Waals surface area contributed by atoms with E-state index >= 15 is 0 Å². The third-order valence-corrected chi connectivity index (χ3v) is 3.84. The van der Waals surface area contributed by atoms with Gasteiger partial charge in [-0.15, -0.1) is 0 Å². The van der Waals surface area contributed by atoms with Gasteiger partial charge in [0.1, 0.15) is 12.6 Å². The van der Waals surface area contributed by atoms with Crippen LogP contribution >= 0.6 is 11.8 Å². The van der Waals surface area contributed by atoms with Crippen molar-refractivity contribution in [3.63, 3.8) is 0 Å². The molecule has 1 unspecified atom stereocenters. The summed E-state index contributed by atoms with van der Waals surface area (Å²) < 4.78 is 5.11. The number of carbonyl (C=O) groups is 3. The lowest BCUT2D eigenvalue weighted by atomic mass is 10.2. The van der Waals surface area contributed by atoms with Crippen LogP contribution in [0.25, 0.3) is 0 Å². The van der Waals surface area contributed by atoms with E-state index in [9.17, 15) is 14.4 Å². The molecule has 1 aromatic rings. The van der Waals surface area contributed by atoms with Crippen molar-refractivity contribution >= 4 is 29.7 Å². The van der Waals surface area contributed by atoms with E-state index in [-0.39, 0.29) is 25.5 Å². The Kier molecular flexibility index (Phi) is 8.70. The van der Waals surface area contributed by atoms with E-state index in [1.54, 1.807) is 0 Å². The van der Waals surface area contributed by atoms with Gasteiger partial charge in [0, 0.05) is 19.3 Å². The lowest BCUT2D eigenvalue weighted by Crippen LogP contribution is -2.49. The molecule has 2 N–H and O–H groups in total. The summed E-state index contributed by atoms with van der Waals surface area (Å²) in [5.41, 5.74) is 0.846. The molecule has 24 heavy (non-hydrogen) atoms. The average Bonchev–Trinajstić information content (AvgIpc) is 2.57. The van der Waals surface area contributed by atoms with E-state index in [4.69, 9.17) is 9.84 Å². The molecular formula is C16H22N2O5S. The number of carboxylic acids is 1. The molecule has 1 aromatic carbocycles. The van der Waals surface area contributed by atoms with Crippen molar-refractivity contribution < 1.29 is 24.2 Å². The van der Waals surface area contributed by atoms with Crippen LogP contribution in [-0.4, -0.2) is 59.6 Å². The number of ether oxygens (including phenoxy) is 1. The van der Waals surface area contributed by atoms with Gasteiger partial charge in [0.15, 0.2) is 0 Å². The molecule has 0 heterocycles. The Bertz CT molecular complexity index is 553. The fourth-order valence-corrected chi connectivity index (χ4v) is 2.45. The van der Waals surface area contributed by atoms with Gasteiger partial charge in [0.25, 0.3) is 0 Å². The quantitative estimate of drug-likeness (QED) is 0.699. The standard InChI is InChI=1S/C16H22N2O5S/c1-18(9-8-14(19)20)15(21)13(11-24-2)17-16(22)23-10-12-6-4-3-5-7-12/h3-7,13H,8-11H2,1-2H3,(H,17,22)(H,19,20). The van der Waals surface area contributed by atoms with Crippen molar-refractivity contribution in [1.82, 2.24) is 10.2 Å². The maximum absolute atomic E-state index is 12.3. The fourth-order valence-electron chi connectivity index (χ4n) is 1.89. The highest BCUT2D eigenvalue weighted by atomic mass is 32.2. The number of benzene rings is 1. The lowest BCUT2D eigenvalue weighted by Gasteiger charge is -2.23. The summed E-state index contributed by atoms with van der Waals surface area (Å²) in [5.74, 6) is -0.954. The largest absolute Gasteiger partial charge is 0.481 e. The maximum atomic E-state index is 12.3. The van der Waals surface area contributed by atoms with Crippen LogP contribution in [0.15, 0.2) is 30.3 Å².